The number of nitrogens with zero attached hydrogens (tertiary/aromatic N) is 1. The number of carbonyl (C=O) groups excluding carboxylic acids is 2. The zero-order chi connectivity index (χ0) is 16.5. The van der Waals surface area contributed by atoms with E-state index in [4.69, 9.17) is 4.74 Å². The Labute approximate surface area is 133 Å². The van der Waals surface area contributed by atoms with Gasteiger partial charge in [-0.15, -0.1) is 0 Å². The number of benzene rings is 1. The molecule has 0 aliphatic rings. The summed E-state index contributed by atoms with van der Waals surface area (Å²) in [5, 5.41) is 0. The molecule has 0 saturated heterocycles. The summed E-state index contributed by atoms with van der Waals surface area (Å²) in [7, 11) is 1.38. The summed E-state index contributed by atoms with van der Waals surface area (Å²) < 4.78 is 4.73. The molecule has 0 fully saturated rings. The summed E-state index contributed by atoms with van der Waals surface area (Å²) in [6, 6.07) is 8.24. The third kappa shape index (κ3) is 5.88. The van der Waals surface area contributed by atoms with Crippen LogP contribution in [-0.4, -0.2) is 37.0 Å². The molecule has 4 heteroatoms. The molecule has 0 aliphatic heterocycles. The van der Waals surface area contributed by atoms with Crippen LogP contribution in [0.25, 0.3) is 0 Å². The molecule has 1 atom stereocenters. The molecule has 122 valence electrons. The normalized spacial score (nSPS) is 11.8. The smallest absolute Gasteiger partial charge is 0.310 e. The maximum absolute atomic E-state index is 12.4. The van der Waals surface area contributed by atoms with Crippen molar-refractivity contribution >= 4 is 11.9 Å². The first-order valence-electron chi connectivity index (χ1n) is 7.89. The van der Waals surface area contributed by atoms with Crippen molar-refractivity contribution in [3.8, 4) is 0 Å². The van der Waals surface area contributed by atoms with E-state index in [1.807, 2.05) is 13.8 Å². The van der Waals surface area contributed by atoms with Crippen LogP contribution in [0.1, 0.15) is 37.8 Å². The predicted molar refractivity (Wildman–Crippen MR) is 87.6 cm³/mol. The summed E-state index contributed by atoms with van der Waals surface area (Å²) >= 11 is 0. The lowest BCUT2D eigenvalue weighted by atomic mass is 10.1. The third-order valence-electron chi connectivity index (χ3n) is 3.69. The van der Waals surface area contributed by atoms with Crippen molar-refractivity contribution < 1.29 is 14.3 Å². The van der Waals surface area contributed by atoms with Crippen LogP contribution in [0.5, 0.6) is 0 Å². The summed E-state index contributed by atoms with van der Waals surface area (Å²) in [5.74, 6) is -0.467. The van der Waals surface area contributed by atoms with Gasteiger partial charge in [-0.05, 0) is 25.3 Å². The second kappa shape index (κ2) is 9.23. The fourth-order valence-electron chi connectivity index (χ4n) is 2.36. The Morgan fingerprint density at radius 1 is 1.23 bits per heavy atom. The predicted octanol–water partition coefficient (Wildman–Crippen LogP) is 2.98. The van der Waals surface area contributed by atoms with Gasteiger partial charge in [0.1, 0.15) is 0 Å². The Bertz CT molecular complexity index is 482. The van der Waals surface area contributed by atoms with Crippen LogP contribution < -0.4 is 0 Å². The average Bonchev–Trinajstić information content (AvgIpc) is 2.52. The van der Waals surface area contributed by atoms with Gasteiger partial charge < -0.3 is 9.64 Å². The van der Waals surface area contributed by atoms with Gasteiger partial charge >= 0.3 is 5.97 Å². The second-order valence-corrected chi connectivity index (χ2v) is 5.75. The van der Waals surface area contributed by atoms with E-state index in [2.05, 4.69) is 24.3 Å². The van der Waals surface area contributed by atoms with Gasteiger partial charge in [-0.25, -0.2) is 0 Å². The maximum atomic E-state index is 12.4. The molecule has 1 aromatic carbocycles. The quantitative estimate of drug-likeness (QED) is 0.694. The highest BCUT2D eigenvalue weighted by Crippen LogP contribution is 2.10. The van der Waals surface area contributed by atoms with E-state index in [1.54, 1.807) is 11.8 Å². The number of hydrogen-bond donors (Lipinski definition) is 0. The minimum atomic E-state index is -0.292. The van der Waals surface area contributed by atoms with Crippen LogP contribution in [0, 0.1) is 12.8 Å². The molecule has 0 aliphatic carbocycles. The maximum Gasteiger partial charge on any atom is 0.310 e. The third-order valence-corrected chi connectivity index (χ3v) is 3.69. The van der Waals surface area contributed by atoms with Crippen molar-refractivity contribution in [2.24, 2.45) is 5.92 Å². The van der Waals surface area contributed by atoms with Crippen molar-refractivity contribution in [2.45, 2.75) is 40.0 Å². The summed E-state index contributed by atoms with van der Waals surface area (Å²) in [6.07, 6.45) is 2.08. The highest BCUT2D eigenvalue weighted by atomic mass is 16.5. The number of hydrogen-bond acceptors (Lipinski definition) is 3. The Morgan fingerprint density at radius 3 is 2.41 bits per heavy atom. The van der Waals surface area contributed by atoms with Gasteiger partial charge in [0.15, 0.2) is 0 Å². The zero-order valence-corrected chi connectivity index (χ0v) is 14.1. The molecular weight excluding hydrogens is 278 g/mol. The molecule has 22 heavy (non-hydrogen) atoms. The first-order chi connectivity index (χ1) is 10.5. The van der Waals surface area contributed by atoms with Gasteiger partial charge in [0, 0.05) is 19.5 Å². The van der Waals surface area contributed by atoms with E-state index in [-0.39, 0.29) is 17.8 Å². The molecule has 0 spiro atoms. The van der Waals surface area contributed by atoms with E-state index in [1.165, 1.54) is 12.7 Å². The Hall–Kier alpha value is -1.84. The highest BCUT2D eigenvalue weighted by Gasteiger charge is 2.20. The van der Waals surface area contributed by atoms with E-state index >= 15 is 0 Å². The minimum absolute atomic E-state index is 0.0955. The van der Waals surface area contributed by atoms with Gasteiger partial charge in [-0.1, -0.05) is 43.7 Å². The Morgan fingerprint density at radius 2 is 1.86 bits per heavy atom. The van der Waals surface area contributed by atoms with Crippen molar-refractivity contribution in [1.29, 1.82) is 0 Å². The zero-order valence-electron chi connectivity index (χ0n) is 14.1. The van der Waals surface area contributed by atoms with Crippen LogP contribution in [0.15, 0.2) is 24.3 Å². The Balaban J connectivity index is 2.57. The van der Waals surface area contributed by atoms with Gasteiger partial charge in [-0.2, -0.15) is 0 Å². The first-order valence-corrected chi connectivity index (χ1v) is 7.89. The molecule has 1 aromatic rings. The first kappa shape index (κ1) is 18.2. The standard InChI is InChI=1S/C18H27NO3/c1-5-12-19(13-15(3)18(21)22-4)17(20)11-10-16-8-6-14(2)7-9-16/h6-9,15H,5,10-13H2,1-4H3. The summed E-state index contributed by atoms with van der Waals surface area (Å²) in [5.41, 5.74) is 2.38. The number of rotatable bonds is 8. The highest BCUT2D eigenvalue weighted by molar-refractivity contribution is 5.78. The topological polar surface area (TPSA) is 46.6 Å². The van der Waals surface area contributed by atoms with Crippen LogP contribution in [-0.2, 0) is 20.7 Å². The summed E-state index contributed by atoms with van der Waals surface area (Å²) in [6.45, 7) is 6.97. The average molecular weight is 305 g/mol. The summed E-state index contributed by atoms with van der Waals surface area (Å²) in [4.78, 5) is 25.7. The SMILES string of the molecule is CCCN(CC(C)C(=O)OC)C(=O)CCc1ccc(C)cc1. The molecule has 0 aromatic heterocycles. The number of ether oxygens (including phenoxy) is 1. The molecule has 1 unspecified atom stereocenters. The monoisotopic (exact) mass is 305 g/mol. The molecule has 0 saturated carbocycles. The van der Waals surface area contributed by atoms with Crippen LogP contribution >= 0.6 is 0 Å². The van der Waals surface area contributed by atoms with Crippen molar-refractivity contribution in [2.75, 3.05) is 20.2 Å². The van der Waals surface area contributed by atoms with Crippen LogP contribution in [0.2, 0.25) is 0 Å². The Kier molecular flexibility index (Phi) is 7.64. The number of aryl methyl sites for hydroxylation is 2. The van der Waals surface area contributed by atoms with Crippen molar-refractivity contribution in [3.63, 3.8) is 0 Å². The number of esters is 1. The van der Waals surface area contributed by atoms with Crippen LogP contribution in [0.4, 0.5) is 0 Å². The van der Waals surface area contributed by atoms with Gasteiger partial charge in [0.05, 0.1) is 13.0 Å². The van der Waals surface area contributed by atoms with Crippen molar-refractivity contribution in [1.82, 2.24) is 4.90 Å². The van der Waals surface area contributed by atoms with E-state index in [0.717, 1.165) is 18.4 Å². The fraction of sp³-hybridized carbons (Fsp3) is 0.556. The largest absolute Gasteiger partial charge is 0.469 e. The van der Waals surface area contributed by atoms with Crippen molar-refractivity contribution in [3.05, 3.63) is 35.4 Å². The second-order valence-electron chi connectivity index (χ2n) is 5.75. The molecule has 0 N–H and O–H groups in total. The van der Waals surface area contributed by atoms with Gasteiger partial charge in [0.2, 0.25) is 5.91 Å². The number of amides is 1. The van der Waals surface area contributed by atoms with E-state index < -0.39 is 0 Å². The fourth-order valence-corrected chi connectivity index (χ4v) is 2.36. The van der Waals surface area contributed by atoms with Crippen LogP contribution in [0.3, 0.4) is 0 Å². The minimum Gasteiger partial charge on any atom is -0.469 e. The number of methoxy groups -OCH3 is 1. The van der Waals surface area contributed by atoms with E-state index in [0.29, 0.717) is 19.5 Å². The molecule has 0 bridgehead atoms. The lowest BCUT2D eigenvalue weighted by Crippen LogP contribution is -2.37. The van der Waals surface area contributed by atoms with Gasteiger partial charge in [0.25, 0.3) is 0 Å². The van der Waals surface area contributed by atoms with Gasteiger partial charge in [-0.3, -0.25) is 9.59 Å². The molecule has 4 nitrogen and oxygen atoms in total. The molecule has 1 rings (SSSR count). The molecule has 0 heterocycles. The van der Waals surface area contributed by atoms with E-state index in [9.17, 15) is 9.59 Å². The molecule has 0 radical (unpaired) electrons. The molecule has 1 amide bonds. The number of carbonyl (C=O) groups is 2. The lowest BCUT2D eigenvalue weighted by Gasteiger charge is -2.24. The lowest BCUT2D eigenvalue weighted by molar-refractivity contribution is -0.146. The molecular formula is C18H27NO3.